The molecular weight excluding hydrogens is 210 g/mol. The first kappa shape index (κ1) is 14.3. The predicted octanol–water partition coefficient (Wildman–Crippen LogP) is 0.447. The minimum Gasteiger partial charge on any atom is -0.460 e. The molecule has 5 nitrogen and oxygen atoms in total. The van der Waals surface area contributed by atoms with E-state index in [1.807, 2.05) is 0 Å². The number of carbonyl (C=O) groups excluding carboxylic acids is 3. The highest BCUT2D eigenvalue weighted by Crippen LogP contribution is 1.95. The van der Waals surface area contributed by atoms with Gasteiger partial charge >= 0.3 is 5.97 Å². The quantitative estimate of drug-likeness (QED) is 0.309. The summed E-state index contributed by atoms with van der Waals surface area (Å²) in [4.78, 5) is 33.1. The van der Waals surface area contributed by atoms with Gasteiger partial charge in [0.1, 0.15) is 12.4 Å². The van der Waals surface area contributed by atoms with Gasteiger partial charge in [0.25, 0.3) is 0 Å². The van der Waals surface area contributed by atoms with Gasteiger partial charge in [-0.15, -0.1) is 0 Å². The third kappa shape index (κ3) is 5.29. The molecule has 0 heterocycles. The number of carbonyl (C=O) groups is 3. The summed E-state index contributed by atoms with van der Waals surface area (Å²) in [6, 6.07) is 0. The normalized spacial score (nSPS) is 11.4. The Hall–Kier alpha value is -1.65. The van der Waals surface area contributed by atoms with Gasteiger partial charge in [-0.2, -0.15) is 0 Å². The Kier molecular flexibility index (Phi) is 6.07. The fourth-order valence-corrected chi connectivity index (χ4v) is 0.779. The number of rotatable bonds is 6. The van der Waals surface area contributed by atoms with E-state index in [0.29, 0.717) is 5.57 Å². The molecule has 0 radical (unpaired) electrons. The van der Waals surface area contributed by atoms with Crippen LogP contribution in [0.1, 0.15) is 20.8 Å². The molecule has 0 aromatic heterocycles. The first-order valence-electron chi connectivity index (χ1n) is 4.97. The van der Waals surface area contributed by atoms with E-state index in [4.69, 9.17) is 4.74 Å². The summed E-state index contributed by atoms with van der Waals surface area (Å²) in [5.74, 6) is -1.72. The lowest BCUT2D eigenvalue weighted by Crippen LogP contribution is -2.35. The summed E-state index contributed by atoms with van der Waals surface area (Å²) < 4.78 is 4.76. The number of nitrogens with one attached hydrogen (secondary N) is 1. The molecule has 0 aromatic rings. The van der Waals surface area contributed by atoms with Crippen LogP contribution in [-0.4, -0.2) is 30.8 Å². The third-order valence-corrected chi connectivity index (χ3v) is 1.99. The largest absolute Gasteiger partial charge is 0.460 e. The van der Waals surface area contributed by atoms with Crippen molar-refractivity contribution in [3.63, 3.8) is 0 Å². The van der Waals surface area contributed by atoms with Gasteiger partial charge in [-0.3, -0.25) is 9.59 Å². The lowest BCUT2D eigenvalue weighted by atomic mass is 10.1. The van der Waals surface area contributed by atoms with Gasteiger partial charge in [-0.1, -0.05) is 6.58 Å². The van der Waals surface area contributed by atoms with E-state index in [9.17, 15) is 14.4 Å². The van der Waals surface area contributed by atoms with Crippen LogP contribution < -0.4 is 5.32 Å². The highest BCUT2D eigenvalue weighted by Gasteiger charge is 2.16. The first-order valence-corrected chi connectivity index (χ1v) is 4.97. The first-order chi connectivity index (χ1) is 7.36. The van der Waals surface area contributed by atoms with E-state index in [-0.39, 0.29) is 24.8 Å². The highest BCUT2D eigenvalue weighted by atomic mass is 16.5. The molecule has 0 bridgehead atoms. The van der Waals surface area contributed by atoms with E-state index in [1.165, 1.54) is 13.8 Å². The molecule has 1 atom stereocenters. The summed E-state index contributed by atoms with van der Waals surface area (Å²) in [5.41, 5.74) is 0.309. The zero-order chi connectivity index (χ0) is 12.7. The highest BCUT2D eigenvalue weighted by molar-refractivity contribution is 5.99. The second kappa shape index (κ2) is 6.76. The number of hydrogen-bond donors (Lipinski definition) is 1. The summed E-state index contributed by atoms with van der Waals surface area (Å²) >= 11 is 0. The van der Waals surface area contributed by atoms with Gasteiger partial charge in [-0.25, -0.2) is 4.79 Å². The van der Waals surface area contributed by atoms with Gasteiger partial charge < -0.3 is 10.1 Å². The van der Waals surface area contributed by atoms with E-state index < -0.39 is 11.9 Å². The molecule has 0 fully saturated rings. The average Bonchev–Trinajstić information content (AvgIpc) is 2.22. The van der Waals surface area contributed by atoms with Gasteiger partial charge in [0, 0.05) is 5.57 Å². The molecular formula is C11H17NO4. The predicted molar refractivity (Wildman–Crippen MR) is 58.6 cm³/mol. The van der Waals surface area contributed by atoms with Crippen molar-refractivity contribution in [2.24, 2.45) is 5.92 Å². The van der Waals surface area contributed by atoms with Gasteiger partial charge in [0.15, 0.2) is 0 Å². The van der Waals surface area contributed by atoms with Crippen LogP contribution in [0.3, 0.4) is 0 Å². The standard InChI is InChI=1S/C11H17NO4/c1-7(2)11(15)16-6-5-12-10(14)8(3)9(4)13/h8H,1,5-6H2,2-4H3,(H,12,14). The number of esters is 1. The van der Waals surface area contributed by atoms with Gasteiger partial charge in [-0.05, 0) is 20.8 Å². The second-order valence-electron chi connectivity index (χ2n) is 3.54. The molecule has 1 N–H and O–H groups in total. The van der Waals surface area contributed by atoms with Crippen molar-refractivity contribution >= 4 is 17.7 Å². The van der Waals surface area contributed by atoms with Crippen LogP contribution in [0.2, 0.25) is 0 Å². The lowest BCUT2D eigenvalue weighted by molar-refractivity contribution is -0.140. The zero-order valence-electron chi connectivity index (χ0n) is 9.83. The molecule has 16 heavy (non-hydrogen) atoms. The third-order valence-electron chi connectivity index (χ3n) is 1.99. The number of amides is 1. The van der Waals surface area contributed by atoms with Crippen molar-refractivity contribution in [2.75, 3.05) is 13.2 Å². The lowest BCUT2D eigenvalue weighted by Gasteiger charge is -2.09. The maximum Gasteiger partial charge on any atom is 0.333 e. The number of hydrogen-bond acceptors (Lipinski definition) is 4. The maximum atomic E-state index is 11.3. The Morgan fingerprint density at radius 3 is 2.31 bits per heavy atom. The molecule has 1 amide bonds. The SMILES string of the molecule is C=C(C)C(=O)OCCNC(=O)C(C)C(C)=O. The molecule has 0 aliphatic carbocycles. The fraction of sp³-hybridized carbons (Fsp3) is 0.545. The Labute approximate surface area is 94.8 Å². The van der Waals surface area contributed by atoms with Crippen molar-refractivity contribution < 1.29 is 19.1 Å². The zero-order valence-corrected chi connectivity index (χ0v) is 9.83. The van der Waals surface area contributed by atoms with Crippen LogP contribution in [0.5, 0.6) is 0 Å². The Morgan fingerprint density at radius 2 is 1.88 bits per heavy atom. The Balaban J connectivity index is 3.75. The topological polar surface area (TPSA) is 72.5 Å². The van der Waals surface area contributed by atoms with Crippen molar-refractivity contribution in [1.29, 1.82) is 0 Å². The van der Waals surface area contributed by atoms with Crippen LogP contribution in [0.4, 0.5) is 0 Å². The van der Waals surface area contributed by atoms with E-state index in [0.717, 1.165) is 0 Å². The van der Waals surface area contributed by atoms with E-state index in [1.54, 1.807) is 6.92 Å². The monoisotopic (exact) mass is 227 g/mol. The van der Waals surface area contributed by atoms with Crippen LogP contribution in [0.15, 0.2) is 12.2 Å². The molecule has 1 unspecified atom stereocenters. The minimum atomic E-state index is -0.670. The number of Topliss-reactive ketones (excluding diaryl/α,β-unsaturated/α-hetero) is 1. The molecule has 0 saturated carbocycles. The van der Waals surface area contributed by atoms with E-state index >= 15 is 0 Å². The van der Waals surface area contributed by atoms with Gasteiger partial charge in [0.05, 0.1) is 12.5 Å². The summed E-state index contributed by atoms with van der Waals surface area (Å²) in [7, 11) is 0. The Morgan fingerprint density at radius 1 is 1.31 bits per heavy atom. The Bertz CT molecular complexity index is 309. The number of ether oxygens (including phenoxy) is 1. The van der Waals surface area contributed by atoms with Gasteiger partial charge in [0.2, 0.25) is 5.91 Å². The molecule has 0 aliphatic heterocycles. The molecule has 90 valence electrons. The molecule has 0 aliphatic rings. The summed E-state index contributed by atoms with van der Waals surface area (Å²) in [5, 5.41) is 2.49. The van der Waals surface area contributed by atoms with E-state index in [2.05, 4.69) is 11.9 Å². The second-order valence-corrected chi connectivity index (χ2v) is 3.54. The van der Waals surface area contributed by atoms with Crippen molar-refractivity contribution in [3.8, 4) is 0 Å². The molecule has 0 aromatic carbocycles. The van der Waals surface area contributed by atoms with Crippen LogP contribution >= 0.6 is 0 Å². The minimum absolute atomic E-state index is 0.0715. The molecule has 0 rings (SSSR count). The summed E-state index contributed by atoms with van der Waals surface area (Å²) in [6.45, 7) is 8.09. The fourth-order valence-electron chi connectivity index (χ4n) is 0.779. The smallest absolute Gasteiger partial charge is 0.333 e. The summed E-state index contributed by atoms with van der Waals surface area (Å²) in [6.07, 6.45) is 0. The van der Waals surface area contributed by atoms with Crippen molar-refractivity contribution in [1.82, 2.24) is 5.32 Å². The number of ketones is 1. The average molecular weight is 227 g/mol. The maximum absolute atomic E-state index is 11.3. The van der Waals surface area contributed by atoms with Crippen molar-refractivity contribution in [3.05, 3.63) is 12.2 Å². The van der Waals surface area contributed by atoms with Crippen molar-refractivity contribution in [2.45, 2.75) is 20.8 Å². The van der Waals surface area contributed by atoms with Crippen LogP contribution in [0.25, 0.3) is 0 Å². The molecule has 0 saturated heterocycles. The molecule has 5 heteroatoms. The van der Waals surface area contributed by atoms with Crippen LogP contribution in [-0.2, 0) is 19.1 Å². The van der Waals surface area contributed by atoms with Crippen LogP contribution in [0, 0.1) is 5.92 Å². The molecule has 0 spiro atoms.